The van der Waals surface area contributed by atoms with Gasteiger partial charge in [-0.15, -0.1) is 0 Å². The number of benzene rings is 1. The molecule has 1 aromatic rings. The third-order valence-electron chi connectivity index (χ3n) is 4.33. The monoisotopic (exact) mass is 324 g/mol. The zero-order valence-corrected chi connectivity index (χ0v) is 15.0. The molecule has 1 fully saturated rings. The van der Waals surface area contributed by atoms with E-state index in [0.717, 1.165) is 36.3 Å². The highest BCUT2D eigenvalue weighted by Gasteiger charge is 2.21. The van der Waals surface area contributed by atoms with Gasteiger partial charge in [-0.2, -0.15) is 0 Å². The van der Waals surface area contributed by atoms with E-state index in [4.69, 9.17) is 0 Å². The minimum Gasteiger partial charge on any atom is -0.302 e. The van der Waals surface area contributed by atoms with E-state index in [0.29, 0.717) is 17.4 Å². The number of nitrogens with zero attached hydrogens (tertiary/aromatic N) is 1. The third-order valence-corrected chi connectivity index (χ3v) is 6.10. The second-order valence-electron chi connectivity index (χ2n) is 6.67. The summed E-state index contributed by atoms with van der Waals surface area (Å²) in [5.41, 5.74) is 2.73. The molecule has 0 spiro atoms. The lowest BCUT2D eigenvalue weighted by molar-refractivity contribution is 0.187. The lowest BCUT2D eigenvalue weighted by Gasteiger charge is -2.30. The first kappa shape index (κ1) is 17.4. The van der Waals surface area contributed by atoms with Crippen molar-refractivity contribution < 1.29 is 8.42 Å². The third kappa shape index (κ3) is 4.31. The Kier molecular flexibility index (Phi) is 5.64. The molecule has 0 aromatic heterocycles. The average Bonchev–Trinajstić information content (AvgIpc) is 2.36. The largest absolute Gasteiger partial charge is 0.302 e. The van der Waals surface area contributed by atoms with Crippen LogP contribution in [-0.2, 0) is 10.0 Å². The summed E-state index contributed by atoms with van der Waals surface area (Å²) in [5, 5.41) is 0. The van der Waals surface area contributed by atoms with Gasteiger partial charge in [-0.3, -0.25) is 0 Å². The molecule has 0 unspecified atom stereocenters. The molecule has 1 atom stereocenters. The van der Waals surface area contributed by atoms with Crippen molar-refractivity contribution in [2.24, 2.45) is 5.92 Å². The predicted octanol–water partition coefficient (Wildman–Crippen LogP) is 2.62. The Bertz CT molecular complexity index is 603. The van der Waals surface area contributed by atoms with Crippen LogP contribution in [-0.4, -0.2) is 39.5 Å². The molecule has 1 N–H and O–H groups in total. The SMILES string of the molecule is Cc1cc(C)c(S(=O)(=O)NCCN2CCC[C@@H](C)C2)c(C)c1. The van der Waals surface area contributed by atoms with Crippen LogP contribution >= 0.6 is 0 Å². The summed E-state index contributed by atoms with van der Waals surface area (Å²) in [6, 6.07) is 3.85. The minimum absolute atomic E-state index is 0.435. The van der Waals surface area contributed by atoms with Crippen molar-refractivity contribution in [1.82, 2.24) is 9.62 Å². The van der Waals surface area contributed by atoms with Gasteiger partial charge in [-0.1, -0.05) is 24.6 Å². The Morgan fingerprint density at radius 1 is 1.23 bits per heavy atom. The summed E-state index contributed by atoms with van der Waals surface area (Å²) in [5.74, 6) is 0.715. The molecule has 124 valence electrons. The van der Waals surface area contributed by atoms with Crippen LogP contribution in [0, 0.1) is 26.7 Å². The van der Waals surface area contributed by atoms with Crippen LogP contribution in [0.25, 0.3) is 0 Å². The van der Waals surface area contributed by atoms with Gasteiger partial charge in [-0.05, 0) is 57.2 Å². The molecule has 0 amide bonds. The summed E-state index contributed by atoms with van der Waals surface area (Å²) in [7, 11) is -3.43. The summed E-state index contributed by atoms with van der Waals surface area (Å²) in [6.45, 7) is 11.4. The zero-order chi connectivity index (χ0) is 16.3. The lowest BCUT2D eigenvalue weighted by atomic mass is 10.0. The molecule has 1 saturated heterocycles. The number of nitrogens with one attached hydrogen (secondary N) is 1. The fraction of sp³-hybridized carbons (Fsp3) is 0.647. The first-order valence-electron chi connectivity index (χ1n) is 8.09. The normalized spacial score (nSPS) is 20.3. The minimum atomic E-state index is -3.43. The van der Waals surface area contributed by atoms with E-state index in [1.54, 1.807) is 0 Å². The lowest BCUT2D eigenvalue weighted by Crippen LogP contribution is -2.40. The van der Waals surface area contributed by atoms with Gasteiger partial charge in [0.2, 0.25) is 10.0 Å². The van der Waals surface area contributed by atoms with Gasteiger partial charge in [0.1, 0.15) is 0 Å². The topological polar surface area (TPSA) is 49.4 Å². The van der Waals surface area contributed by atoms with Crippen molar-refractivity contribution in [3.8, 4) is 0 Å². The highest BCUT2D eigenvalue weighted by atomic mass is 32.2. The van der Waals surface area contributed by atoms with Gasteiger partial charge in [0.05, 0.1) is 4.90 Å². The van der Waals surface area contributed by atoms with Crippen LogP contribution < -0.4 is 4.72 Å². The maximum atomic E-state index is 12.6. The van der Waals surface area contributed by atoms with Gasteiger partial charge in [0.15, 0.2) is 0 Å². The number of likely N-dealkylation sites (tertiary alicyclic amines) is 1. The van der Waals surface area contributed by atoms with E-state index in [1.165, 1.54) is 12.8 Å². The molecule has 0 bridgehead atoms. The van der Waals surface area contributed by atoms with E-state index in [9.17, 15) is 8.42 Å². The van der Waals surface area contributed by atoms with E-state index in [-0.39, 0.29) is 0 Å². The molecule has 0 aliphatic carbocycles. The molecule has 1 heterocycles. The quantitative estimate of drug-likeness (QED) is 0.906. The number of aryl methyl sites for hydroxylation is 3. The van der Waals surface area contributed by atoms with E-state index in [1.807, 2.05) is 32.9 Å². The van der Waals surface area contributed by atoms with Crippen molar-refractivity contribution in [1.29, 1.82) is 0 Å². The van der Waals surface area contributed by atoms with Gasteiger partial charge in [0.25, 0.3) is 0 Å². The molecule has 5 heteroatoms. The summed E-state index contributed by atoms with van der Waals surface area (Å²) < 4.78 is 27.9. The Labute approximate surface area is 135 Å². The molecule has 0 saturated carbocycles. The van der Waals surface area contributed by atoms with Crippen molar-refractivity contribution >= 4 is 10.0 Å². The molecule has 0 radical (unpaired) electrons. The Morgan fingerprint density at radius 3 is 2.45 bits per heavy atom. The summed E-state index contributed by atoms with van der Waals surface area (Å²) in [6.07, 6.45) is 2.49. The van der Waals surface area contributed by atoms with E-state index < -0.39 is 10.0 Å². The molecular weight excluding hydrogens is 296 g/mol. The highest BCUT2D eigenvalue weighted by molar-refractivity contribution is 7.89. The van der Waals surface area contributed by atoms with Crippen molar-refractivity contribution in [2.45, 2.75) is 45.4 Å². The number of rotatable bonds is 5. The van der Waals surface area contributed by atoms with Crippen LogP contribution in [0.5, 0.6) is 0 Å². The maximum Gasteiger partial charge on any atom is 0.241 e. The van der Waals surface area contributed by atoms with Gasteiger partial charge >= 0.3 is 0 Å². The van der Waals surface area contributed by atoms with Gasteiger partial charge < -0.3 is 4.90 Å². The number of sulfonamides is 1. The molecule has 1 aliphatic heterocycles. The molecule has 22 heavy (non-hydrogen) atoms. The fourth-order valence-electron chi connectivity index (χ4n) is 3.49. The second kappa shape index (κ2) is 7.11. The smallest absolute Gasteiger partial charge is 0.241 e. The molecule has 1 aromatic carbocycles. The Hall–Kier alpha value is -0.910. The Balaban J connectivity index is 2.00. The van der Waals surface area contributed by atoms with Crippen molar-refractivity contribution in [3.63, 3.8) is 0 Å². The summed E-state index contributed by atoms with van der Waals surface area (Å²) >= 11 is 0. The maximum absolute atomic E-state index is 12.6. The Morgan fingerprint density at radius 2 is 1.86 bits per heavy atom. The van der Waals surface area contributed by atoms with Crippen LogP contribution in [0.15, 0.2) is 17.0 Å². The number of hydrogen-bond acceptors (Lipinski definition) is 3. The van der Waals surface area contributed by atoms with Gasteiger partial charge in [0, 0.05) is 19.6 Å². The average molecular weight is 324 g/mol. The first-order chi connectivity index (χ1) is 10.3. The van der Waals surface area contributed by atoms with E-state index in [2.05, 4.69) is 16.5 Å². The van der Waals surface area contributed by atoms with Crippen LogP contribution in [0.3, 0.4) is 0 Å². The zero-order valence-electron chi connectivity index (χ0n) is 14.1. The second-order valence-corrected chi connectivity index (χ2v) is 8.38. The molecule has 4 nitrogen and oxygen atoms in total. The van der Waals surface area contributed by atoms with E-state index >= 15 is 0 Å². The van der Waals surface area contributed by atoms with Crippen LogP contribution in [0.1, 0.15) is 36.5 Å². The van der Waals surface area contributed by atoms with Crippen LogP contribution in [0.4, 0.5) is 0 Å². The van der Waals surface area contributed by atoms with Crippen molar-refractivity contribution in [3.05, 3.63) is 28.8 Å². The standard InChI is InChI=1S/C17H28N2O2S/c1-13-6-5-8-19(12-13)9-7-18-22(20,21)17-15(3)10-14(2)11-16(17)4/h10-11,13,18H,5-9,12H2,1-4H3/t13-/m1/s1. The summed E-state index contributed by atoms with van der Waals surface area (Å²) in [4.78, 5) is 2.79. The number of hydrogen-bond donors (Lipinski definition) is 1. The van der Waals surface area contributed by atoms with Crippen LogP contribution in [0.2, 0.25) is 0 Å². The number of piperidine rings is 1. The molecular formula is C17H28N2O2S. The molecule has 2 rings (SSSR count). The fourth-order valence-corrected chi connectivity index (χ4v) is 4.96. The van der Waals surface area contributed by atoms with Gasteiger partial charge in [-0.25, -0.2) is 13.1 Å². The van der Waals surface area contributed by atoms with Crippen molar-refractivity contribution in [2.75, 3.05) is 26.2 Å². The highest BCUT2D eigenvalue weighted by Crippen LogP contribution is 2.21. The first-order valence-corrected chi connectivity index (χ1v) is 9.58. The molecule has 1 aliphatic rings. The predicted molar refractivity (Wildman–Crippen MR) is 90.7 cm³/mol.